The lowest BCUT2D eigenvalue weighted by Crippen LogP contribution is -2.36. The zero-order valence-corrected chi connectivity index (χ0v) is 21.1. The maximum atomic E-state index is 5.50. The molecule has 0 aromatic heterocycles. The summed E-state index contributed by atoms with van der Waals surface area (Å²) in [5.41, 5.74) is 4.83. The molecule has 7 heteroatoms. The van der Waals surface area contributed by atoms with Gasteiger partial charge in [-0.2, -0.15) is 0 Å². The fraction of sp³-hybridized carbons (Fsp3) is 0.458. The van der Waals surface area contributed by atoms with E-state index in [9.17, 15) is 0 Å². The lowest BCUT2D eigenvalue weighted by atomic mass is 10.1. The van der Waals surface area contributed by atoms with Crippen molar-refractivity contribution < 1.29 is 9.47 Å². The Balaban J connectivity index is 0.00000341. The predicted octanol–water partition coefficient (Wildman–Crippen LogP) is 3.71. The summed E-state index contributed by atoms with van der Waals surface area (Å²) in [6.07, 6.45) is 0. The van der Waals surface area contributed by atoms with Gasteiger partial charge in [0.2, 0.25) is 0 Å². The molecule has 0 unspecified atom stereocenters. The summed E-state index contributed by atoms with van der Waals surface area (Å²) in [7, 11) is 1.71. The Hall–Kier alpha value is -1.84. The number of aryl methyl sites for hydroxylation is 1. The number of ether oxygens (including phenoxy) is 2. The minimum Gasteiger partial charge on any atom is -0.496 e. The summed E-state index contributed by atoms with van der Waals surface area (Å²) in [4.78, 5) is 7.18. The van der Waals surface area contributed by atoms with Crippen LogP contribution in [0.3, 0.4) is 0 Å². The maximum Gasteiger partial charge on any atom is 0.191 e. The van der Waals surface area contributed by atoms with Gasteiger partial charge in [-0.1, -0.05) is 36.4 Å². The van der Waals surface area contributed by atoms with Crippen LogP contribution in [-0.4, -0.2) is 50.8 Å². The third kappa shape index (κ3) is 8.31. The lowest BCUT2D eigenvalue weighted by Gasteiger charge is -2.26. The van der Waals surface area contributed by atoms with Crippen molar-refractivity contribution >= 4 is 29.9 Å². The molecule has 1 heterocycles. The number of benzene rings is 2. The number of hydrogen-bond donors (Lipinski definition) is 2. The molecule has 31 heavy (non-hydrogen) atoms. The fourth-order valence-electron chi connectivity index (χ4n) is 3.46. The zero-order chi connectivity index (χ0) is 21.2. The molecule has 170 valence electrons. The van der Waals surface area contributed by atoms with Crippen molar-refractivity contribution in [3.05, 3.63) is 64.7 Å². The number of aliphatic imine (C=N–C) groups is 1. The third-order valence-electron chi connectivity index (χ3n) is 5.19. The van der Waals surface area contributed by atoms with Gasteiger partial charge in [0.15, 0.2) is 5.96 Å². The van der Waals surface area contributed by atoms with E-state index in [-0.39, 0.29) is 24.0 Å². The topological polar surface area (TPSA) is 58.1 Å². The Morgan fingerprint density at radius 1 is 1.06 bits per heavy atom. The number of morpholine rings is 1. The molecule has 3 rings (SSSR count). The molecule has 0 radical (unpaired) electrons. The van der Waals surface area contributed by atoms with Crippen LogP contribution in [0.2, 0.25) is 0 Å². The maximum absolute atomic E-state index is 5.50. The van der Waals surface area contributed by atoms with Crippen LogP contribution >= 0.6 is 24.0 Å². The second-order valence-corrected chi connectivity index (χ2v) is 7.57. The second kappa shape index (κ2) is 13.5. The van der Waals surface area contributed by atoms with Gasteiger partial charge in [-0.05, 0) is 36.6 Å². The molecule has 6 nitrogen and oxygen atoms in total. The van der Waals surface area contributed by atoms with Crippen LogP contribution in [0.1, 0.15) is 29.2 Å². The number of hydrogen-bond acceptors (Lipinski definition) is 4. The van der Waals surface area contributed by atoms with Gasteiger partial charge < -0.3 is 20.1 Å². The zero-order valence-electron chi connectivity index (χ0n) is 18.8. The molecule has 0 spiro atoms. The van der Waals surface area contributed by atoms with E-state index in [1.54, 1.807) is 7.11 Å². The molecule has 1 saturated heterocycles. The first kappa shape index (κ1) is 25.4. The van der Waals surface area contributed by atoms with Crippen LogP contribution in [0.4, 0.5) is 0 Å². The standard InChI is InChI=1S/C24H34N4O2.HI/c1-4-25-24(27-17-22-10-5-19(2)15-23(22)29-3)26-16-20-6-8-21(9-7-20)18-28-11-13-30-14-12-28;/h5-10,15H,4,11-14,16-18H2,1-3H3,(H2,25,26,27);1H. The van der Waals surface area contributed by atoms with Crippen LogP contribution < -0.4 is 15.4 Å². The molecule has 0 amide bonds. The Morgan fingerprint density at radius 2 is 1.77 bits per heavy atom. The van der Waals surface area contributed by atoms with Crippen molar-refractivity contribution in [1.82, 2.24) is 15.5 Å². The molecule has 0 aliphatic carbocycles. The Labute approximate surface area is 203 Å². The number of rotatable bonds is 8. The van der Waals surface area contributed by atoms with Crippen LogP contribution in [0.25, 0.3) is 0 Å². The first-order chi connectivity index (χ1) is 14.7. The van der Waals surface area contributed by atoms with Crippen LogP contribution in [0, 0.1) is 6.92 Å². The first-order valence-electron chi connectivity index (χ1n) is 10.7. The molecule has 2 N–H and O–H groups in total. The van der Waals surface area contributed by atoms with Crippen molar-refractivity contribution in [3.63, 3.8) is 0 Å². The minimum absolute atomic E-state index is 0. The number of nitrogens with zero attached hydrogens (tertiary/aromatic N) is 2. The summed E-state index contributed by atoms with van der Waals surface area (Å²) >= 11 is 0. The van der Waals surface area contributed by atoms with E-state index < -0.39 is 0 Å². The van der Waals surface area contributed by atoms with Crippen LogP contribution in [0.5, 0.6) is 5.75 Å². The van der Waals surface area contributed by atoms with Gasteiger partial charge in [0.1, 0.15) is 5.75 Å². The highest BCUT2D eigenvalue weighted by atomic mass is 127. The smallest absolute Gasteiger partial charge is 0.191 e. The van der Waals surface area contributed by atoms with Crippen molar-refractivity contribution in [2.75, 3.05) is 40.0 Å². The van der Waals surface area contributed by atoms with E-state index >= 15 is 0 Å². The highest BCUT2D eigenvalue weighted by molar-refractivity contribution is 14.0. The third-order valence-corrected chi connectivity index (χ3v) is 5.19. The summed E-state index contributed by atoms with van der Waals surface area (Å²) in [5, 5.41) is 6.72. The van der Waals surface area contributed by atoms with E-state index in [4.69, 9.17) is 14.5 Å². The molecule has 1 fully saturated rings. The normalized spacial score (nSPS) is 14.6. The monoisotopic (exact) mass is 538 g/mol. The lowest BCUT2D eigenvalue weighted by molar-refractivity contribution is 0.0342. The molecule has 0 saturated carbocycles. The molecule has 2 aromatic rings. The minimum atomic E-state index is 0. The largest absolute Gasteiger partial charge is 0.496 e. The predicted molar refractivity (Wildman–Crippen MR) is 137 cm³/mol. The summed E-state index contributed by atoms with van der Waals surface area (Å²) in [6, 6.07) is 15.0. The van der Waals surface area contributed by atoms with E-state index in [2.05, 4.69) is 71.8 Å². The first-order valence-corrected chi connectivity index (χ1v) is 10.7. The number of nitrogens with one attached hydrogen (secondary N) is 2. The second-order valence-electron chi connectivity index (χ2n) is 7.57. The van der Waals surface area contributed by atoms with E-state index in [0.29, 0.717) is 13.1 Å². The summed E-state index contributed by atoms with van der Waals surface area (Å²) in [5.74, 6) is 1.70. The Morgan fingerprint density at radius 3 is 2.45 bits per heavy atom. The van der Waals surface area contributed by atoms with Crippen LogP contribution in [-0.2, 0) is 24.4 Å². The van der Waals surface area contributed by atoms with Crippen LogP contribution in [0.15, 0.2) is 47.5 Å². The van der Waals surface area contributed by atoms with Gasteiger partial charge >= 0.3 is 0 Å². The van der Waals surface area contributed by atoms with Gasteiger partial charge in [0.25, 0.3) is 0 Å². The molecule has 1 aliphatic heterocycles. The van der Waals surface area contributed by atoms with Gasteiger partial charge in [-0.25, -0.2) is 4.99 Å². The molecule has 2 aromatic carbocycles. The van der Waals surface area contributed by atoms with Crippen molar-refractivity contribution in [2.45, 2.75) is 33.5 Å². The summed E-state index contributed by atoms with van der Waals surface area (Å²) in [6.45, 7) is 10.9. The number of halogens is 1. The molecular formula is C24H35IN4O2. The quantitative estimate of drug-likeness (QED) is 0.305. The number of methoxy groups -OCH3 is 1. The van der Waals surface area contributed by atoms with Gasteiger partial charge in [-0.15, -0.1) is 24.0 Å². The van der Waals surface area contributed by atoms with E-state index in [0.717, 1.165) is 56.7 Å². The summed E-state index contributed by atoms with van der Waals surface area (Å²) < 4.78 is 10.9. The highest BCUT2D eigenvalue weighted by Gasteiger charge is 2.10. The van der Waals surface area contributed by atoms with E-state index in [1.807, 2.05) is 0 Å². The SMILES string of the molecule is CCNC(=NCc1ccc(CN2CCOCC2)cc1)NCc1ccc(C)cc1OC.I. The highest BCUT2D eigenvalue weighted by Crippen LogP contribution is 2.19. The fourth-order valence-corrected chi connectivity index (χ4v) is 3.46. The van der Waals surface area contributed by atoms with Crippen molar-refractivity contribution in [2.24, 2.45) is 4.99 Å². The van der Waals surface area contributed by atoms with Gasteiger partial charge in [0.05, 0.1) is 26.9 Å². The Bertz CT molecular complexity index is 821. The van der Waals surface area contributed by atoms with E-state index in [1.165, 1.54) is 16.7 Å². The van der Waals surface area contributed by atoms with Gasteiger partial charge in [-0.3, -0.25) is 4.90 Å². The van der Waals surface area contributed by atoms with Gasteiger partial charge in [0, 0.05) is 38.3 Å². The number of guanidine groups is 1. The average molecular weight is 538 g/mol. The molecule has 0 atom stereocenters. The molecular weight excluding hydrogens is 503 g/mol. The Kier molecular flexibility index (Phi) is 11.1. The van der Waals surface area contributed by atoms with Crippen molar-refractivity contribution in [3.8, 4) is 5.75 Å². The van der Waals surface area contributed by atoms with Crippen molar-refractivity contribution in [1.29, 1.82) is 0 Å². The average Bonchev–Trinajstić information content (AvgIpc) is 2.78. The molecule has 1 aliphatic rings. The molecule has 0 bridgehead atoms.